The molecule has 1 aliphatic heterocycles. The predicted octanol–water partition coefficient (Wildman–Crippen LogP) is 4.59. The molecule has 0 saturated carbocycles. The van der Waals surface area contributed by atoms with Crippen LogP contribution in [0.2, 0.25) is 0 Å². The number of hydrogen-bond acceptors (Lipinski definition) is 5. The van der Waals surface area contributed by atoms with E-state index in [9.17, 15) is 0 Å². The van der Waals surface area contributed by atoms with Crippen molar-refractivity contribution in [3.63, 3.8) is 0 Å². The van der Waals surface area contributed by atoms with Crippen LogP contribution < -0.4 is 8.92 Å². The van der Waals surface area contributed by atoms with Gasteiger partial charge in [0.15, 0.2) is 5.84 Å². The van der Waals surface area contributed by atoms with Crippen molar-refractivity contribution in [1.29, 1.82) is 0 Å². The third-order valence-electron chi connectivity index (χ3n) is 3.42. The highest BCUT2D eigenvalue weighted by Gasteiger charge is 2.16. The Balaban J connectivity index is 1.67. The molecule has 0 radical (unpaired) electrons. The minimum absolute atomic E-state index is 0.226. The number of amidine groups is 2. The zero-order valence-corrected chi connectivity index (χ0v) is 14.5. The van der Waals surface area contributed by atoms with Crippen molar-refractivity contribution in [2.75, 3.05) is 0 Å². The molecule has 1 aliphatic rings. The van der Waals surface area contributed by atoms with Crippen molar-refractivity contribution in [2.45, 2.75) is 0 Å². The van der Waals surface area contributed by atoms with Gasteiger partial charge in [-0.15, -0.1) is 8.76 Å². The standard InChI is InChI=1S/C20H15N3O2S/c1-4-10-16(11-5-1)19-21-20(24-17-12-6-2-7-13-17)23-26(22-19)25-18-14-8-3-9-15-18/h1-15H. The Hall–Kier alpha value is -3.25. The summed E-state index contributed by atoms with van der Waals surface area (Å²) in [5.74, 6) is 1.88. The number of nitrogens with zero attached hydrogens (tertiary/aromatic N) is 3. The van der Waals surface area contributed by atoms with Crippen molar-refractivity contribution in [3.8, 4) is 11.5 Å². The monoisotopic (exact) mass is 361 g/mol. The number of ether oxygens (including phenoxy) is 1. The summed E-state index contributed by atoms with van der Waals surface area (Å²) in [5, 5.41) is 0. The van der Waals surface area contributed by atoms with Gasteiger partial charge in [0.25, 0.3) is 0 Å². The first kappa shape index (κ1) is 16.2. The first-order valence-corrected chi connectivity index (χ1v) is 9.08. The molecule has 3 aromatic rings. The van der Waals surface area contributed by atoms with Crippen LogP contribution in [0.5, 0.6) is 11.5 Å². The lowest BCUT2D eigenvalue weighted by molar-refractivity contribution is 0.542. The molecule has 3 aromatic carbocycles. The maximum atomic E-state index is 5.89. The highest BCUT2D eigenvalue weighted by atomic mass is 32.2. The van der Waals surface area contributed by atoms with Gasteiger partial charge >= 0.3 is 6.02 Å². The van der Waals surface area contributed by atoms with Gasteiger partial charge in [-0.1, -0.05) is 66.7 Å². The maximum absolute atomic E-state index is 5.89. The summed E-state index contributed by atoms with van der Waals surface area (Å²) in [6, 6.07) is 28.8. The Morgan fingerprint density at radius 1 is 0.654 bits per heavy atom. The van der Waals surface area contributed by atoms with E-state index in [1.807, 2.05) is 91.0 Å². The summed E-state index contributed by atoms with van der Waals surface area (Å²) in [7, 11) is 0. The average molecular weight is 361 g/mol. The predicted molar refractivity (Wildman–Crippen MR) is 104 cm³/mol. The van der Waals surface area contributed by atoms with E-state index < -0.39 is 11.2 Å². The Bertz CT molecular complexity index is 929. The highest BCUT2D eigenvalue weighted by Crippen LogP contribution is 2.18. The topological polar surface area (TPSA) is 55.5 Å². The van der Waals surface area contributed by atoms with Gasteiger partial charge in [-0.3, -0.25) is 0 Å². The molecule has 0 aliphatic carbocycles. The Kier molecular flexibility index (Phi) is 4.84. The van der Waals surface area contributed by atoms with E-state index in [4.69, 9.17) is 8.92 Å². The second-order valence-corrected chi connectivity index (χ2v) is 6.30. The summed E-state index contributed by atoms with van der Waals surface area (Å²) < 4.78 is 20.6. The van der Waals surface area contributed by atoms with Crippen LogP contribution in [0.3, 0.4) is 0 Å². The SMILES string of the molecule is c1ccc(OC2=NS(Oc3ccccc3)=NC(c3ccccc3)=N2)cc1. The molecular formula is C20H15N3O2S. The van der Waals surface area contributed by atoms with Crippen LogP contribution in [0.25, 0.3) is 0 Å². The molecule has 0 aromatic heterocycles. The van der Waals surface area contributed by atoms with E-state index in [1.54, 1.807) is 0 Å². The summed E-state index contributed by atoms with van der Waals surface area (Å²) >= 11 is -1.07. The normalized spacial score (nSPS) is 16.1. The Labute approximate surface area is 154 Å². The zero-order valence-electron chi connectivity index (χ0n) is 13.7. The molecule has 0 N–H and O–H groups in total. The molecule has 26 heavy (non-hydrogen) atoms. The molecule has 5 nitrogen and oxygen atoms in total. The molecule has 0 fully saturated rings. The molecule has 1 heterocycles. The minimum Gasteiger partial charge on any atom is -0.424 e. The van der Waals surface area contributed by atoms with Crippen molar-refractivity contribution in [2.24, 2.45) is 13.8 Å². The number of rotatable bonds is 4. The largest absolute Gasteiger partial charge is 0.424 e. The van der Waals surface area contributed by atoms with E-state index in [1.165, 1.54) is 0 Å². The summed E-state index contributed by atoms with van der Waals surface area (Å²) in [5.41, 5.74) is 0.880. The van der Waals surface area contributed by atoms with Crippen molar-refractivity contribution >= 4 is 23.0 Å². The first-order chi connectivity index (χ1) is 12.9. The third kappa shape index (κ3) is 4.04. The van der Waals surface area contributed by atoms with Crippen LogP contribution in [0.4, 0.5) is 0 Å². The van der Waals surface area contributed by atoms with E-state index >= 15 is 0 Å². The lowest BCUT2D eigenvalue weighted by Gasteiger charge is -2.13. The molecule has 0 spiro atoms. The number of aliphatic imine (C=N–C) groups is 1. The van der Waals surface area contributed by atoms with Crippen molar-refractivity contribution in [1.82, 2.24) is 0 Å². The Morgan fingerprint density at radius 3 is 1.88 bits per heavy atom. The minimum atomic E-state index is -1.07. The smallest absolute Gasteiger partial charge is 0.334 e. The Morgan fingerprint density at radius 2 is 1.23 bits per heavy atom. The van der Waals surface area contributed by atoms with E-state index in [0.717, 1.165) is 5.56 Å². The van der Waals surface area contributed by atoms with Crippen LogP contribution >= 0.6 is 0 Å². The van der Waals surface area contributed by atoms with Gasteiger partial charge in [-0.2, -0.15) is 4.99 Å². The molecule has 128 valence electrons. The van der Waals surface area contributed by atoms with Gasteiger partial charge < -0.3 is 8.92 Å². The summed E-state index contributed by atoms with van der Waals surface area (Å²) in [6.07, 6.45) is 0. The second-order valence-electron chi connectivity index (χ2n) is 5.31. The fourth-order valence-electron chi connectivity index (χ4n) is 2.23. The number of benzene rings is 3. The molecule has 6 heteroatoms. The molecule has 0 amide bonds. The number of hydrogen-bond donors (Lipinski definition) is 0. The lowest BCUT2D eigenvalue weighted by atomic mass is 10.2. The fourth-order valence-corrected chi connectivity index (χ4v) is 3.14. The molecular weight excluding hydrogens is 346 g/mol. The molecule has 0 saturated heterocycles. The highest BCUT2D eigenvalue weighted by molar-refractivity contribution is 7.82. The van der Waals surface area contributed by atoms with Gasteiger partial charge in [-0.05, 0) is 24.3 Å². The van der Waals surface area contributed by atoms with Gasteiger partial charge in [0.1, 0.15) is 11.5 Å². The van der Waals surface area contributed by atoms with Crippen molar-refractivity contribution < 1.29 is 8.92 Å². The molecule has 1 atom stereocenters. The van der Waals surface area contributed by atoms with E-state index in [-0.39, 0.29) is 6.02 Å². The van der Waals surface area contributed by atoms with Crippen LogP contribution in [0.1, 0.15) is 5.56 Å². The summed E-state index contributed by atoms with van der Waals surface area (Å²) in [6.45, 7) is 0. The third-order valence-corrected chi connectivity index (χ3v) is 4.40. The summed E-state index contributed by atoms with van der Waals surface area (Å²) in [4.78, 5) is 4.44. The quantitative estimate of drug-likeness (QED) is 0.682. The zero-order chi connectivity index (χ0) is 17.6. The van der Waals surface area contributed by atoms with Gasteiger partial charge in [0, 0.05) is 5.56 Å². The molecule has 0 bridgehead atoms. The van der Waals surface area contributed by atoms with Gasteiger partial charge in [0.2, 0.25) is 11.2 Å². The van der Waals surface area contributed by atoms with Crippen LogP contribution in [0, 0.1) is 0 Å². The number of para-hydroxylation sites is 2. The lowest BCUT2D eigenvalue weighted by Crippen LogP contribution is -2.17. The van der Waals surface area contributed by atoms with Gasteiger partial charge in [0.05, 0.1) is 0 Å². The molecule has 4 rings (SSSR count). The van der Waals surface area contributed by atoms with Gasteiger partial charge in [-0.25, -0.2) is 0 Å². The van der Waals surface area contributed by atoms with E-state index in [2.05, 4.69) is 13.8 Å². The maximum Gasteiger partial charge on any atom is 0.334 e. The van der Waals surface area contributed by atoms with Crippen LogP contribution in [-0.2, 0) is 11.2 Å². The second kappa shape index (κ2) is 7.76. The fraction of sp³-hybridized carbons (Fsp3) is 0. The van der Waals surface area contributed by atoms with Crippen molar-refractivity contribution in [3.05, 3.63) is 96.6 Å². The van der Waals surface area contributed by atoms with E-state index in [0.29, 0.717) is 17.3 Å². The first-order valence-electron chi connectivity index (χ1n) is 8.02. The average Bonchev–Trinajstić information content (AvgIpc) is 2.70. The van der Waals surface area contributed by atoms with Crippen LogP contribution in [-0.4, -0.2) is 11.9 Å². The van der Waals surface area contributed by atoms with Crippen LogP contribution in [0.15, 0.2) is 105 Å². The molecule has 1 unspecified atom stereocenters.